The van der Waals surface area contributed by atoms with Crippen molar-refractivity contribution in [1.82, 2.24) is 4.90 Å². The van der Waals surface area contributed by atoms with Crippen LogP contribution < -0.4 is 15.4 Å². The molecule has 1 fully saturated rings. The molecule has 2 aromatic rings. The van der Waals surface area contributed by atoms with Gasteiger partial charge in [0.15, 0.2) is 0 Å². The van der Waals surface area contributed by atoms with E-state index < -0.39 is 5.91 Å². The van der Waals surface area contributed by atoms with Gasteiger partial charge >= 0.3 is 0 Å². The third kappa shape index (κ3) is 3.96. The normalized spacial score (nSPS) is 14.2. The van der Waals surface area contributed by atoms with Gasteiger partial charge in [-0.1, -0.05) is 0 Å². The number of hydrogen-bond donors (Lipinski definition) is 1. The fourth-order valence-electron chi connectivity index (χ4n) is 3.05. The van der Waals surface area contributed by atoms with Crippen molar-refractivity contribution < 1.29 is 14.3 Å². The van der Waals surface area contributed by atoms with Gasteiger partial charge in [0, 0.05) is 43.0 Å². The molecule has 1 saturated heterocycles. The number of rotatable bonds is 5. The lowest BCUT2D eigenvalue weighted by molar-refractivity contribution is 0.0746. The first-order valence-corrected chi connectivity index (χ1v) is 8.75. The largest absolute Gasteiger partial charge is 0.494 e. The van der Waals surface area contributed by atoms with Crippen molar-refractivity contribution in [3.05, 3.63) is 59.7 Å². The third-order valence-electron chi connectivity index (χ3n) is 4.50. The minimum Gasteiger partial charge on any atom is -0.494 e. The molecule has 0 bridgehead atoms. The van der Waals surface area contributed by atoms with Crippen molar-refractivity contribution in [3.8, 4) is 5.75 Å². The Kier molecular flexibility index (Phi) is 5.41. The van der Waals surface area contributed by atoms with Gasteiger partial charge in [-0.05, 0) is 55.5 Å². The average molecular weight is 353 g/mol. The molecule has 1 aliphatic rings. The Morgan fingerprint density at radius 1 is 0.923 bits per heavy atom. The topological polar surface area (TPSA) is 75.9 Å². The number of benzene rings is 2. The molecule has 0 saturated carbocycles. The van der Waals surface area contributed by atoms with E-state index in [0.717, 1.165) is 24.5 Å². The van der Waals surface area contributed by atoms with Crippen LogP contribution in [0.4, 0.5) is 5.69 Å². The zero-order valence-corrected chi connectivity index (χ0v) is 14.9. The molecule has 1 aliphatic heterocycles. The summed E-state index contributed by atoms with van der Waals surface area (Å²) in [4.78, 5) is 27.9. The van der Waals surface area contributed by atoms with E-state index in [-0.39, 0.29) is 5.91 Å². The third-order valence-corrected chi connectivity index (χ3v) is 4.50. The van der Waals surface area contributed by atoms with E-state index in [2.05, 4.69) is 4.90 Å². The van der Waals surface area contributed by atoms with Gasteiger partial charge in [-0.3, -0.25) is 9.59 Å². The molecule has 0 spiro atoms. The highest BCUT2D eigenvalue weighted by molar-refractivity contribution is 5.94. The molecule has 0 unspecified atom stereocenters. The Balaban J connectivity index is 1.59. The Labute approximate surface area is 153 Å². The first-order chi connectivity index (χ1) is 12.6. The van der Waals surface area contributed by atoms with Crippen LogP contribution in [0.1, 0.15) is 27.6 Å². The second kappa shape index (κ2) is 7.91. The highest BCUT2D eigenvalue weighted by Crippen LogP contribution is 2.19. The van der Waals surface area contributed by atoms with Crippen molar-refractivity contribution in [2.24, 2.45) is 5.73 Å². The molecule has 136 valence electrons. The number of hydrogen-bond acceptors (Lipinski definition) is 4. The zero-order chi connectivity index (χ0) is 18.5. The quantitative estimate of drug-likeness (QED) is 0.894. The molecular formula is C20H23N3O3. The summed E-state index contributed by atoms with van der Waals surface area (Å²) in [5.41, 5.74) is 7.47. The summed E-state index contributed by atoms with van der Waals surface area (Å²) >= 11 is 0. The van der Waals surface area contributed by atoms with Crippen molar-refractivity contribution >= 4 is 17.5 Å². The number of carbonyl (C=O) groups is 2. The maximum Gasteiger partial charge on any atom is 0.253 e. The minimum absolute atomic E-state index is 0.0387. The van der Waals surface area contributed by atoms with Gasteiger partial charge in [0.05, 0.1) is 6.61 Å². The molecule has 6 heteroatoms. The van der Waals surface area contributed by atoms with Crippen molar-refractivity contribution in [2.45, 2.75) is 6.92 Å². The fourth-order valence-corrected chi connectivity index (χ4v) is 3.05. The second-order valence-corrected chi connectivity index (χ2v) is 6.15. The van der Waals surface area contributed by atoms with Gasteiger partial charge in [-0.25, -0.2) is 0 Å². The first kappa shape index (κ1) is 17.8. The monoisotopic (exact) mass is 353 g/mol. The summed E-state index contributed by atoms with van der Waals surface area (Å²) in [5.74, 6) is 0.382. The number of nitrogens with two attached hydrogens (primary N) is 1. The van der Waals surface area contributed by atoms with E-state index >= 15 is 0 Å². The number of piperazine rings is 1. The standard InChI is InChI=1S/C20H23N3O3/c1-2-26-18-9-5-16(6-10-18)20(25)23-13-11-22(12-14-23)17-7-3-15(4-8-17)19(21)24/h3-10H,2,11-14H2,1H3,(H2,21,24). The highest BCUT2D eigenvalue weighted by atomic mass is 16.5. The molecule has 2 aromatic carbocycles. The van der Waals surface area contributed by atoms with Crippen LogP contribution in [-0.2, 0) is 0 Å². The predicted octanol–water partition coefficient (Wildman–Crippen LogP) is 2.15. The lowest BCUT2D eigenvalue weighted by atomic mass is 10.1. The molecule has 6 nitrogen and oxygen atoms in total. The second-order valence-electron chi connectivity index (χ2n) is 6.15. The molecule has 3 rings (SSSR count). The average Bonchev–Trinajstić information content (AvgIpc) is 2.68. The van der Waals surface area contributed by atoms with Crippen LogP contribution in [0.3, 0.4) is 0 Å². The molecule has 0 radical (unpaired) electrons. The number of ether oxygens (including phenoxy) is 1. The number of amides is 2. The van der Waals surface area contributed by atoms with Crippen LogP contribution in [0.5, 0.6) is 5.75 Å². The predicted molar refractivity (Wildman–Crippen MR) is 101 cm³/mol. The Morgan fingerprint density at radius 2 is 1.50 bits per heavy atom. The summed E-state index contributed by atoms with van der Waals surface area (Å²) in [6.07, 6.45) is 0. The molecule has 0 aliphatic carbocycles. The molecule has 2 N–H and O–H groups in total. The first-order valence-electron chi connectivity index (χ1n) is 8.75. The number of nitrogens with zero attached hydrogens (tertiary/aromatic N) is 2. The molecule has 26 heavy (non-hydrogen) atoms. The van der Waals surface area contributed by atoms with Gasteiger partial charge < -0.3 is 20.3 Å². The van der Waals surface area contributed by atoms with Crippen LogP contribution >= 0.6 is 0 Å². The van der Waals surface area contributed by atoms with E-state index in [9.17, 15) is 9.59 Å². The SMILES string of the molecule is CCOc1ccc(C(=O)N2CCN(c3ccc(C(N)=O)cc3)CC2)cc1. The minimum atomic E-state index is -0.428. The number of primary amides is 1. The van der Waals surface area contributed by atoms with Crippen molar-refractivity contribution in [2.75, 3.05) is 37.7 Å². The van der Waals surface area contributed by atoms with Crippen molar-refractivity contribution in [3.63, 3.8) is 0 Å². The van der Waals surface area contributed by atoms with E-state index in [0.29, 0.717) is 30.8 Å². The smallest absolute Gasteiger partial charge is 0.253 e. The van der Waals surface area contributed by atoms with Gasteiger partial charge in [0.2, 0.25) is 5.91 Å². The van der Waals surface area contributed by atoms with Gasteiger partial charge in [-0.2, -0.15) is 0 Å². The summed E-state index contributed by atoms with van der Waals surface area (Å²) in [5, 5.41) is 0. The van der Waals surface area contributed by atoms with Crippen LogP contribution in [-0.4, -0.2) is 49.5 Å². The summed E-state index contributed by atoms with van der Waals surface area (Å²) < 4.78 is 5.41. The van der Waals surface area contributed by atoms with Crippen molar-refractivity contribution in [1.29, 1.82) is 0 Å². The molecule has 0 atom stereocenters. The lowest BCUT2D eigenvalue weighted by Gasteiger charge is -2.36. The summed E-state index contributed by atoms with van der Waals surface area (Å²) in [7, 11) is 0. The fraction of sp³-hybridized carbons (Fsp3) is 0.300. The zero-order valence-electron chi connectivity index (χ0n) is 14.9. The maximum absolute atomic E-state index is 12.6. The lowest BCUT2D eigenvalue weighted by Crippen LogP contribution is -2.48. The van der Waals surface area contributed by atoms with Crippen LogP contribution in [0.15, 0.2) is 48.5 Å². The molecule has 0 aromatic heterocycles. The summed E-state index contributed by atoms with van der Waals surface area (Å²) in [6.45, 7) is 5.35. The van der Waals surface area contributed by atoms with E-state index in [1.54, 1.807) is 12.1 Å². The van der Waals surface area contributed by atoms with Gasteiger partial charge in [-0.15, -0.1) is 0 Å². The molecule has 1 heterocycles. The Morgan fingerprint density at radius 3 is 2.04 bits per heavy atom. The highest BCUT2D eigenvalue weighted by Gasteiger charge is 2.22. The van der Waals surface area contributed by atoms with E-state index in [1.165, 1.54) is 0 Å². The van der Waals surface area contributed by atoms with Gasteiger partial charge in [0.25, 0.3) is 5.91 Å². The Hall–Kier alpha value is -3.02. The maximum atomic E-state index is 12.6. The van der Waals surface area contributed by atoms with Crippen LogP contribution in [0.2, 0.25) is 0 Å². The number of anilines is 1. The van der Waals surface area contributed by atoms with E-state index in [4.69, 9.17) is 10.5 Å². The van der Waals surface area contributed by atoms with Crippen LogP contribution in [0.25, 0.3) is 0 Å². The Bertz CT molecular complexity index is 764. The molecular weight excluding hydrogens is 330 g/mol. The van der Waals surface area contributed by atoms with Gasteiger partial charge in [0.1, 0.15) is 5.75 Å². The van der Waals surface area contributed by atoms with Crippen LogP contribution in [0, 0.1) is 0 Å². The molecule has 2 amide bonds. The van der Waals surface area contributed by atoms with E-state index in [1.807, 2.05) is 48.2 Å². The number of carbonyl (C=O) groups excluding carboxylic acids is 2. The summed E-state index contributed by atoms with van der Waals surface area (Å²) in [6, 6.07) is 14.5.